The highest BCUT2D eigenvalue weighted by atomic mass is 35.5. The zero-order valence-corrected chi connectivity index (χ0v) is 10.5. The highest BCUT2D eigenvalue weighted by molar-refractivity contribution is 7.80. The van der Waals surface area contributed by atoms with Crippen molar-refractivity contribution >= 4 is 30.2 Å². The van der Waals surface area contributed by atoms with Crippen LogP contribution in [0.3, 0.4) is 0 Å². The van der Waals surface area contributed by atoms with Crippen LogP contribution in [0.25, 0.3) is 0 Å². The van der Waals surface area contributed by atoms with E-state index in [2.05, 4.69) is 12.6 Å². The molecular formula is C11H13ClO2S. The molecule has 0 radical (unpaired) electrons. The molecule has 0 saturated carbocycles. The van der Waals surface area contributed by atoms with Crippen molar-refractivity contribution in [1.82, 2.24) is 0 Å². The number of halogens is 1. The third-order valence-electron chi connectivity index (χ3n) is 1.57. The van der Waals surface area contributed by atoms with Crippen molar-refractivity contribution in [2.45, 2.75) is 31.3 Å². The number of thiol groups is 1. The van der Waals surface area contributed by atoms with Crippen molar-refractivity contribution in [1.29, 1.82) is 0 Å². The number of carbonyl (C=O) groups excluding carboxylic acids is 1. The van der Waals surface area contributed by atoms with E-state index in [1.54, 1.807) is 18.2 Å². The fraction of sp³-hybridized carbons (Fsp3) is 0.364. The van der Waals surface area contributed by atoms with Crippen molar-refractivity contribution in [3.63, 3.8) is 0 Å². The van der Waals surface area contributed by atoms with Crippen LogP contribution in [0.15, 0.2) is 23.1 Å². The number of hydrogen-bond donors (Lipinski definition) is 1. The van der Waals surface area contributed by atoms with Crippen LogP contribution in [0, 0.1) is 0 Å². The molecule has 1 rings (SSSR count). The Bertz CT molecular complexity index is 383. The van der Waals surface area contributed by atoms with Gasteiger partial charge >= 0.3 is 5.97 Å². The van der Waals surface area contributed by atoms with Gasteiger partial charge in [0.05, 0.1) is 10.6 Å². The van der Waals surface area contributed by atoms with E-state index in [9.17, 15) is 4.79 Å². The largest absolute Gasteiger partial charge is 0.456 e. The van der Waals surface area contributed by atoms with Crippen LogP contribution in [0.1, 0.15) is 31.1 Å². The third-order valence-corrected chi connectivity index (χ3v) is 2.18. The summed E-state index contributed by atoms with van der Waals surface area (Å²) in [5.41, 5.74) is -0.174. The van der Waals surface area contributed by atoms with Crippen molar-refractivity contribution in [3.8, 4) is 0 Å². The van der Waals surface area contributed by atoms with E-state index in [1.165, 1.54) is 0 Å². The van der Waals surface area contributed by atoms with Crippen molar-refractivity contribution in [2.75, 3.05) is 0 Å². The highest BCUT2D eigenvalue weighted by Gasteiger charge is 2.19. The molecule has 0 aliphatic carbocycles. The Morgan fingerprint density at radius 1 is 1.40 bits per heavy atom. The first kappa shape index (κ1) is 12.4. The van der Waals surface area contributed by atoms with Crippen LogP contribution in [-0.2, 0) is 4.74 Å². The lowest BCUT2D eigenvalue weighted by Gasteiger charge is -2.19. The van der Waals surface area contributed by atoms with E-state index in [0.717, 1.165) is 0 Å². The molecule has 0 atom stereocenters. The molecule has 0 unspecified atom stereocenters. The van der Waals surface area contributed by atoms with Gasteiger partial charge in [0.1, 0.15) is 5.60 Å². The van der Waals surface area contributed by atoms with Gasteiger partial charge in [-0.3, -0.25) is 0 Å². The first-order valence-electron chi connectivity index (χ1n) is 4.51. The predicted molar refractivity (Wildman–Crippen MR) is 63.9 cm³/mol. The molecule has 0 aliphatic rings. The van der Waals surface area contributed by atoms with Gasteiger partial charge in [-0.2, -0.15) is 0 Å². The topological polar surface area (TPSA) is 26.3 Å². The van der Waals surface area contributed by atoms with Crippen molar-refractivity contribution < 1.29 is 9.53 Å². The van der Waals surface area contributed by atoms with Crippen molar-refractivity contribution in [3.05, 3.63) is 28.8 Å². The lowest BCUT2D eigenvalue weighted by molar-refractivity contribution is 0.00695. The molecule has 15 heavy (non-hydrogen) atoms. The number of esters is 1. The SMILES string of the molecule is CC(C)(C)OC(=O)c1cc(S)ccc1Cl. The van der Waals surface area contributed by atoms with Gasteiger partial charge in [-0.25, -0.2) is 4.79 Å². The predicted octanol–water partition coefficient (Wildman–Crippen LogP) is 3.58. The first-order valence-corrected chi connectivity index (χ1v) is 5.34. The molecule has 2 nitrogen and oxygen atoms in total. The average Bonchev–Trinajstić information content (AvgIpc) is 2.06. The average molecular weight is 245 g/mol. The molecule has 1 aromatic carbocycles. The second-order valence-corrected chi connectivity index (χ2v) is 5.09. The van der Waals surface area contributed by atoms with Crippen LogP contribution >= 0.6 is 24.2 Å². The number of ether oxygens (including phenoxy) is 1. The fourth-order valence-electron chi connectivity index (χ4n) is 1.00. The summed E-state index contributed by atoms with van der Waals surface area (Å²) in [5.74, 6) is -0.427. The molecule has 1 aromatic rings. The normalized spacial score (nSPS) is 11.3. The van der Waals surface area contributed by atoms with Crippen LogP contribution in [0.5, 0.6) is 0 Å². The summed E-state index contributed by atoms with van der Waals surface area (Å²) in [6.07, 6.45) is 0. The van der Waals surface area contributed by atoms with Gasteiger partial charge in [-0.05, 0) is 39.0 Å². The second-order valence-electron chi connectivity index (χ2n) is 4.17. The van der Waals surface area contributed by atoms with Crippen LogP contribution in [-0.4, -0.2) is 11.6 Å². The summed E-state index contributed by atoms with van der Waals surface area (Å²) in [5, 5.41) is 0.377. The molecule has 0 fully saturated rings. The van der Waals surface area contributed by atoms with Gasteiger partial charge in [0.2, 0.25) is 0 Å². The Kier molecular flexibility index (Phi) is 3.68. The smallest absolute Gasteiger partial charge is 0.340 e. The molecule has 0 bridgehead atoms. The summed E-state index contributed by atoms with van der Waals surface area (Å²) in [7, 11) is 0. The van der Waals surface area contributed by atoms with E-state index in [4.69, 9.17) is 16.3 Å². The van der Waals surface area contributed by atoms with Gasteiger partial charge in [0.15, 0.2) is 0 Å². The second kappa shape index (κ2) is 4.45. The summed E-state index contributed by atoms with van der Waals surface area (Å²) in [6, 6.07) is 4.95. The first-order chi connectivity index (χ1) is 6.79. The third kappa shape index (κ3) is 3.76. The number of rotatable bonds is 1. The molecule has 0 aliphatic heterocycles. The van der Waals surface area contributed by atoms with Gasteiger partial charge in [0, 0.05) is 4.90 Å². The summed E-state index contributed by atoms with van der Waals surface area (Å²) in [6.45, 7) is 5.43. The molecule has 0 N–H and O–H groups in total. The molecule has 0 heterocycles. The van der Waals surface area contributed by atoms with Crippen molar-refractivity contribution in [2.24, 2.45) is 0 Å². The van der Waals surface area contributed by atoms with E-state index in [-0.39, 0.29) is 0 Å². The van der Waals surface area contributed by atoms with Gasteiger partial charge in [-0.15, -0.1) is 12.6 Å². The molecular weight excluding hydrogens is 232 g/mol. The minimum atomic E-state index is -0.521. The Morgan fingerprint density at radius 2 is 2.00 bits per heavy atom. The van der Waals surface area contributed by atoms with E-state index in [0.29, 0.717) is 15.5 Å². The highest BCUT2D eigenvalue weighted by Crippen LogP contribution is 2.22. The maximum absolute atomic E-state index is 11.7. The van der Waals surface area contributed by atoms with Gasteiger partial charge in [0.25, 0.3) is 0 Å². The van der Waals surface area contributed by atoms with E-state index < -0.39 is 11.6 Å². The zero-order valence-electron chi connectivity index (χ0n) is 8.87. The summed E-state index contributed by atoms with van der Waals surface area (Å²) < 4.78 is 5.20. The van der Waals surface area contributed by atoms with Crippen LogP contribution in [0.2, 0.25) is 5.02 Å². The Hall–Kier alpha value is -0.670. The van der Waals surface area contributed by atoms with E-state index >= 15 is 0 Å². The molecule has 4 heteroatoms. The van der Waals surface area contributed by atoms with Gasteiger partial charge < -0.3 is 4.74 Å². The molecule has 0 spiro atoms. The standard InChI is InChI=1S/C11H13ClO2S/c1-11(2,3)14-10(13)8-6-7(15)4-5-9(8)12/h4-6,15H,1-3H3. The monoisotopic (exact) mass is 244 g/mol. The Balaban J connectivity index is 2.96. The molecule has 0 saturated heterocycles. The molecule has 82 valence electrons. The fourth-order valence-corrected chi connectivity index (χ4v) is 1.40. The lowest BCUT2D eigenvalue weighted by Crippen LogP contribution is -2.24. The maximum atomic E-state index is 11.7. The maximum Gasteiger partial charge on any atom is 0.340 e. The summed E-state index contributed by atoms with van der Waals surface area (Å²) in [4.78, 5) is 12.4. The van der Waals surface area contributed by atoms with Crippen LogP contribution in [0.4, 0.5) is 0 Å². The van der Waals surface area contributed by atoms with Gasteiger partial charge in [-0.1, -0.05) is 11.6 Å². The minimum absolute atomic E-state index is 0.346. The number of benzene rings is 1. The molecule has 0 aromatic heterocycles. The molecule has 0 amide bonds. The Labute approximate surface area is 100.0 Å². The zero-order chi connectivity index (χ0) is 11.6. The quantitative estimate of drug-likeness (QED) is 0.604. The van der Waals surface area contributed by atoms with E-state index in [1.807, 2.05) is 20.8 Å². The lowest BCUT2D eigenvalue weighted by atomic mass is 10.1. The number of carbonyl (C=O) groups is 1. The van der Waals surface area contributed by atoms with Crippen LogP contribution < -0.4 is 0 Å². The Morgan fingerprint density at radius 3 is 2.53 bits per heavy atom. The minimum Gasteiger partial charge on any atom is -0.456 e. The summed E-state index contributed by atoms with van der Waals surface area (Å²) >= 11 is 10.0. The number of hydrogen-bond acceptors (Lipinski definition) is 3.